The highest BCUT2D eigenvalue weighted by atomic mass is 19.1. The minimum atomic E-state index is -1.05. The average Bonchev–Trinajstić information content (AvgIpc) is 2.85. The molecule has 1 aliphatic heterocycles. The Morgan fingerprint density at radius 1 is 1.00 bits per heavy atom. The van der Waals surface area contributed by atoms with Crippen molar-refractivity contribution in [2.45, 2.75) is 58.0 Å². The lowest BCUT2D eigenvalue weighted by atomic mass is 9.92. The van der Waals surface area contributed by atoms with Crippen LogP contribution in [0.5, 0.6) is 0 Å². The maximum absolute atomic E-state index is 13.2. The van der Waals surface area contributed by atoms with E-state index in [1.807, 2.05) is 13.8 Å². The molecule has 2 aromatic rings. The van der Waals surface area contributed by atoms with Gasteiger partial charge in [-0.1, -0.05) is 19.1 Å². The zero-order valence-corrected chi connectivity index (χ0v) is 21.5. The van der Waals surface area contributed by atoms with E-state index in [0.717, 1.165) is 11.3 Å². The maximum atomic E-state index is 13.2. The number of halogens is 2. The minimum absolute atomic E-state index is 0.0477. The van der Waals surface area contributed by atoms with Crippen LogP contribution in [-0.4, -0.2) is 47.6 Å². The zero-order valence-electron chi connectivity index (χ0n) is 21.5. The van der Waals surface area contributed by atoms with Crippen LogP contribution in [0.25, 0.3) is 0 Å². The van der Waals surface area contributed by atoms with E-state index in [0.29, 0.717) is 32.4 Å². The predicted molar refractivity (Wildman–Crippen MR) is 137 cm³/mol. The second-order valence-corrected chi connectivity index (χ2v) is 10.5. The van der Waals surface area contributed by atoms with Crippen LogP contribution in [-0.2, 0) is 20.8 Å². The van der Waals surface area contributed by atoms with Crippen molar-refractivity contribution in [1.82, 2.24) is 10.6 Å². The number of hydrogen-bond donors (Lipinski definition) is 3. The lowest BCUT2D eigenvalue weighted by molar-refractivity contribution is -0.142. The van der Waals surface area contributed by atoms with Crippen molar-refractivity contribution in [3.05, 3.63) is 65.7 Å². The number of hydrogen-bond acceptors (Lipinski definition) is 4. The van der Waals surface area contributed by atoms with Gasteiger partial charge in [0.1, 0.15) is 17.7 Å². The molecule has 0 saturated carbocycles. The zero-order chi connectivity index (χ0) is 27.2. The van der Waals surface area contributed by atoms with Gasteiger partial charge in [0.2, 0.25) is 11.8 Å². The van der Waals surface area contributed by atoms with Crippen molar-refractivity contribution < 1.29 is 28.3 Å². The van der Waals surface area contributed by atoms with E-state index in [-0.39, 0.29) is 29.9 Å². The first-order valence-corrected chi connectivity index (χ1v) is 12.5. The number of rotatable bonds is 10. The molecule has 1 heterocycles. The Bertz CT molecular complexity index is 1080. The van der Waals surface area contributed by atoms with Crippen molar-refractivity contribution in [3.8, 4) is 0 Å². The van der Waals surface area contributed by atoms with Gasteiger partial charge in [0.15, 0.2) is 0 Å². The highest BCUT2D eigenvalue weighted by Gasteiger charge is 2.33. The fourth-order valence-corrected chi connectivity index (χ4v) is 4.60. The summed E-state index contributed by atoms with van der Waals surface area (Å²) >= 11 is 0. The molecule has 2 atom stereocenters. The van der Waals surface area contributed by atoms with E-state index < -0.39 is 29.4 Å². The quantitative estimate of drug-likeness (QED) is 0.446. The molecule has 7 nitrogen and oxygen atoms in total. The Balaban J connectivity index is 1.62. The highest BCUT2D eigenvalue weighted by Crippen LogP contribution is 2.24. The van der Waals surface area contributed by atoms with Gasteiger partial charge in [-0.05, 0) is 81.5 Å². The fourth-order valence-electron chi connectivity index (χ4n) is 4.60. The molecular weight excluding hydrogens is 480 g/mol. The van der Waals surface area contributed by atoms with Crippen molar-refractivity contribution in [2.24, 2.45) is 11.8 Å². The summed E-state index contributed by atoms with van der Waals surface area (Å²) in [5.74, 6) is -3.61. The molecule has 9 heteroatoms. The normalized spacial score (nSPS) is 16.1. The predicted octanol–water partition coefficient (Wildman–Crippen LogP) is 3.91. The van der Waals surface area contributed by atoms with E-state index >= 15 is 0 Å². The van der Waals surface area contributed by atoms with Gasteiger partial charge in [-0.2, -0.15) is 0 Å². The third-order valence-corrected chi connectivity index (χ3v) is 6.72. The summed E-state index contributed by atoms with van der Waals surface area (Å²) in [6, 6.07) is 11.2. The number of nitrogens with zero attached hydrogens (tertiary/aromatic N) is 1. The molecule has 37 heavy (non-hydrogen) atoms. The largest absolute Gasteiger partial charge is 0.481 e. The Kier molecular flexibility index (Phi) is 9.23. The Labute approximate surface area is 216 Å². The van der Waals surface area contributed by atoms with E-state index in [1.165, 1.54) is 31.2 Å². The van der Waals surface area contributed by atoms with Crippen molar-refractivity contribution in [3.63, 3.8) is 0 Å². The molecule has 2 aromatic carbocycles. The molecule has 0 bridgehead atoms. The summed E-state index contributed by atoms with van der Waals surface area (Å²) in [4.78, 5) is 39.9. The van der Waals surface area contributed by atoms with Crippen LogP contribution >= 0.6 is 0 Å². The third-order valence-electron chi connectivity index (χ3n) is 6.72. The Morgan fingerprint density at radius 3 is 2.08 bits per heavy atom. The smallest absolute Gasteiger partial charge is 0.306 e. The first kappa shape index (κ1) is 28.1. The molecule has 1 aliphatic rings. The van der Waals surface area contributed by atoms with E-state index in [9.17, 15) is 28.3 Å². The Morgan fingerprint density at radius 2 is 1.54 bits per heavy atom. The molecule has 0 spiro atoms. The first-order valence-electron chi connectivity index (χ1n) is 12.5. The molecule has 0 unspecified atom stereocenters. The number of carbonyl (C=O) groups is 3. The lowest BCUT2D eigenvalue weighted by Crippen LogP contribution is -2.55. The maximum Gasteiger partial charge on any atom is 0.306 e. The van der Waals surface area contributed by atoms with Crippen LogP contribution in [0.15, 0.2) is 48.5 Å². The number of nitrogens with one attached hydrogen (secondary N) is 2. The standard InChI is InChI=1S/C28H35F2N3O4/c1-18(27(36)37)16-24(26(35)32-28(2,3)17-19-4-6-21(29)7-5-19)31-25(34)20-12-14-33(15-13-20)23-10-8-22(30)9-11-23/h4-11,18,20,24H,12-17H2,1-3H3,(H,31,34)(H,32,35)(H,36,37)/t18-,24-/m0/s1. The molecular formula is C28H35F2N3O4. The molecule has 0 aromatic heterocycles. The summed E-state index contributed by atoms with van der Waals surface area (Å²) in [5, 5.41) is 15.1. The second kappa shape index (κ2) is 12.2. The van der Waals surface area contributed by atoms with Gasteiger partial charge in [0, 0.05) is 30.2 Å². The highest BCUT2D eigenvalue weighted by molar-refractivity contribution is 5.89. The average molecular weight is 516 g/mol. The number of aliphatic carboxylic acids is 1. The van der Waals surface area contributed by atoms with Gasteiger partial charge in [-0.25, -0.2) is 8.78 Å². The number of benzene rings is 2. The first-order chi connectivity index (χ1) is 17.4. The SMILES string of the molecule is C[C@@H](C[C@H](NC(=O)C1CCN(c2ccc(F)cc2)CC1)C(=O)NC(C)(C)Cc1ccc(F)cc1)C(=O)O. The summed E-state index contributed by atoms with van der Waals surface area (Å²) in [7, 11) is 0. The summed E-state index contributed by atoms with van der Waals surface area (Å²) in [5.41, 5.74) is 1.00. The number of carboxylic acids is 1. The third kappa shape index (κ3) is 8.27. The van der Waals surface area contributed by atoms with Crippen molar-refractivity contribution in [1.29, 1.82) is 0 Å². The molecule has 1 saturated heterocycles. The topological polar surface area (TPSA) is 98.7 Å². The summed E-state index contributed by atoms with van der Waals surface area (Å²) in [6.07, 6.45) is 1.49. The second-order valence-electron chi connectivity index (χ2n) is 10.5. The van der Waals surface area contributed by atoms with Crippen LogP contribution in [0.4, 0.5) is 14.5 Å². The van der Waals surface area contributed by atoms with Gasteiger partial charge < -0.3 is 20.6 Å². The van der Waals surface area contributed by atoms with Crippen LogP contribution in [0.1, 0.15) is 45.6 Å². The molecule has 1 fully saturated rings. The number of anilines is 1. The summed E-state index contributed by atoms with van der Waals surface area (Å²) in [6.45, 7) is 6.35. The van der Waals surface area contributed by atoms with Crippen LogP contribution in [0.3, 0.4) is 0 Å². The number of amides is 2. The van der Waals surface area contributed by atoms with E-state index in [1.54, 1.807) is 24.3 Å². The van der Waals surface area contributed by atoms with Crippen molar-refractivity contribution in [2.75, 3.05) is 18.0 Å². The van der Waals surface area contributed by atoms with E-state index in [4.69, 9.17) is 0 Å². The number of carbonyl (C=O) groups excluding carboxylic acids is 2. The molecule has 3 N–H and O–H groups in total. The van der Waals surface area contributed by atoms with Gasteiger partial charge >= 0.3 is 5.97 Å². The van der Waals surface area contributed by atoms with Gasteiger partial charge in [-0.3, -0.25) is 14.4 Å². The van der Waals surface area contributed by atoms with Gasteiger partial charge in [0.25, 0.3) is 0 Å². The van der Waals surface area contributed by atoms with Gasteiger partial charge in [0.05, 0.1) is 5.92 Å². The minimum Gasteiger partial charge on any atom is -0.481 e. The fraction of sp³-hybridized carbons (Fsp3) is 0.464. The Hall–Kier alpha value is -3.49. The number of carboxylic acid groups (broad SMARTS) is 1. The molecule has 3 rings (SSSR count). The lowest BCUT2D eigenvalue weighted by Gasteiger charge is -2.34. The van der Waals surface area contributed by atoms with Crippen LogP contribution in [0.2, 0.25) is 0 Å². The summed E-state index contributed by atoms with van der Waals surface area (Å²) < 4.78 is 26.5. The molecule has 2 amide bonds. The van der Waals surface area contributed by atoms with Crippen LogP contribution in [0, 0.1) is 23.5 Å². The van der Waals surface area contributed by atoms with Crippen LogP contribution < -0.4 is 15.5 Å². The van der Waals surface area contributed by atoms with Gasteiger partial charge in [-0.15, -0.1) is 0 Å². The number of piperidine rings is 1. The molecule has 0 radical (unpaired) electrons. The molecule has 200 valence electrons. The molecule has 0 aliphatic carbocycles. The van der Waals surface area contributed by atoms with Crippen molar-refractivity contribution >= 4 is 23.5 Å². The monoisotopic (exact) mass is 515 g/mol. The van der Waals surface area contributed by atoms with E-state index in [2.05, 4.69) is 15.5 Å².